The van der Waals surface area contributed by atoms with Gasteiger partial charge in [0.05, 0.1) is 6.04 Å². The number of hydrogen-bond donors (Lipinski definition) is 1. The molecule has 1 aromatic carbocycles. The Morgan fingerprint density at radius 3 is 2.94 bits per heavy atom. The molecular weight excluding hydrogens is 219 g/mol. The zero-order chi connectivity index (χ0) is 12.3. The summed E-state index contributed by atoms with van der Waals surface area (Å²) in [6.45, 7) is 3.83. The Kier molecular flexibility index (Phi) is 3.74. The van der Waals surface area contributed by atoms with E-state index in [2.05, 4.69) is 5.32 Å². The Morgan fingerprint density at radius 1 is 1.47 bits per heavy atom. The van der Waals surface area contributed by atoms with Gasteiger partial charge in [-0.15, -0.1) is 0 Å². The maximum absolute atomic E-state index is 13.5. The van der Waals surface area contributed by atoms with Gasteiger partial charge in [-0.05, 0) is 19.0 Å². The van der Waals surface area contributed by atoms with Gasteiger partial charge in [-0.1, -0.05) is 25.1 Å². The third-order valence-electron chi connectivity index (χ3n) is 3.07. The van der Waals surface area contributed by atoms with Gasteiger partial charge in [-0.25, -0.2) is 4.39 Å². The van der Waals surface area contributed by atoms with Gasteiger partial charge in [0.15, 0.2) is 0 Å². The first-order valence-corrected chi connectivity index (χ1v) is 5.98. The lowest BCUT2D eigenvalue weighted by Crippen LogP contribution is -2.37. The van der Waals surface area contributed by atoms with Crippen LogP contribution in [-0.4, -0.2) is 29.9 Å². The minimum Gasteiger partial charge on any atom is -0.337 e. The van der Waals surface area contributed by atoms with E-state index in [0.29, 0.717) is 18.7 Å². The summed E-state index contributed by atoms with van der Waals surface area (Å²) in [6.07, 6.45) is 0.807. The maximum Gasteiger partial charge on any atom is 0.240 e. The number of amides is 1. The molecule has 92 valence electrons. The number of likely N-dealkylation sites (tertiary alicyclic amines) is 1. The normalized spacial score (nSPS) is 20.0. The average molecular weight is 236 g/mol. The van der Waals surface area contributed by atoms with Crippen LogP contribution in [0.25, 0.3) is 0 Å². The van der Waals surface area contributed by atoms with Crippen LogP contribution in [0.1, 0.15) is 18.9 Å². The van der Waals surface area contributed by atoms with E-state index in [9.17, 15) is 9.18 Å². The van der Waals surface area contributed by atoms with E-state index in [4.69, 9.17) is 0 Å². The van der Waals surface area contributed by atoms with Gasteiger partial charge in [0, 0.05) is 18.7 Å². The fourth-order valence-corrected chi connectivity index (χ4v) is 2.16. The minimum absolute atomic E-state index is 0.0788. The van der Waals surface area contributed by atoms with Crippen molar-refractivity contribution in [3.05, 3.63) is 35.6 Å². The van der Waals surface area contributed by atoms with E-state index in [0.717, 1.165) is 13.0 Å². The lowest BCUT2D eigenvalue weighted by molar-refractivity contribution is -0.129. The molecule has 1 aliphatic heterocycles. The second-order valence-corrected chi connectivity index (χ2v) is 4.25. The molecule has 0 spiro atoms. The van der Waals surface area contributed by atoms with E-state index in [-0.39, 0.29) is 17.8 Å². The molecule has 1 atom stereocenters. The van der Waals surface area contributed by atoms with Gasteiger partial charge in [0.1, 0.15) is 5.82 Å². The third-order valence-corrected chi connectivity index (χ3v) is 3.07. The first-order valence-electron chi connectivity index (χ1n) is 5.98. The van der Waals surface area contributed by atoms with Crippen molar-refractivity contribution in [2.24, 2.45) is 0 Å². The van der Waals surface area contributed by atoms with Crippen LogP contribution in [0.4, 0.5) is 4.39 Å². The fraction of sp³-hybridized carbons (Fsp3) is 0.462. The van der Waals surface area contributed by atoms with Gasteiger partial charge in [-0.2, -0.15) is 0 Å². The Bertz CT molecular complexity index is 408. The van der Waals surface area contributed by atoms with Crippen molar-refractivity contribution < 1.29 is 9.18 Å². The molecular formula is C13H17FN2O. The first kappa shape index (κ1) is 12.0. The lowest BCUT2D eigenvalue weighted by atomic mass is 10.2. The molecule has 0 saturated carbocycles. The van der Waals surface area contributed by atoms with E-state index in [1.807, 2.05) is 6.92 Å². The number of carbonyl (C=O) groups excluding carboxylic acids is 1. The van der Waals surface area contributed by atoms with E-state index in [1.165, 1.54) is 6.07 Å². The SMILES string of the molecule is CCNC1CCN(Cc2ccccc2F)C1=O. The molecule has 1 amide bonds. The number of carbonyl (C=O) groups is 1. The highest BCUT2D eigenvalue weighted by Crippen LogP contribution is 2.16. The standard InChI is InChI=1S/C13H17FN2O/c1-2-15-12-7-8-16(13(12)17)9-10-5-3-4-6-11(10)14/h3-6,12,15H,2,7-9H2,1H3. The lowest BCUT2D eigenvalue weighted by Gasteiger charge is -2.17. The van der Waals surface area contributed by atoms with Crippen molar-refractivity contribution in [3.8, 4) is 0 Å². The Hall–Kier alpha value is -1.42. The van der Waals surface area contributed by atoms with Gasteiger partial charge >= 0.3 is 0 Å². The van der Waals surface area contributed by atoms with E-state index in [1.54, 1.807) is 23.1 Å². The number of nitrogens with one attached hydrogen (secondary N) is 1. The highest BCUT2D eigenvalue weighted by molar-refractivity contribution is 5.83. The summed E-state index contributed by atoms with van der Waals surface area (Å²) in [4.78, 5) is 13.7. The maximum atomic E-state index is 13.5. The third kappa shape index (κ3) is 2.64. The van der Waals surface area contributed by atoms with Crippen molar-refractivity contribution >= 4 is 5.91 Å². The number of hydrogen-bond acceptors (Lipinski definition) is 2. The van der Waals surface area contributed by atoms with E-state index >= 15 is 0 Å². The molecule has 1 saturated heterocycles. The molecule has 0 aliphatic carbocycles. The van der Waals surface area contributed by atoms with Crippen LogP contribution in [-0.2, 0) is 11.3 Å². The molecule has 1 fully saturated rings. The Balaban J connectivity index is 2.02. The summed E-state index contributed by atoms with van der Waals surface area (Å²) in [6, 6.07) is 6.51. The van der Waals surface area contributed by atoms with Crippen LogP contribution in [0.15, 0.2) is 24.3 Å². The zero-order valence-electron chi connectivity index (χ0n) is 9.95. The monoisotopic (exact) mass is 236 g/mol. The number of halogens is 1. The summed E-state index contributed by atoms with van der Waals surface area (Å²) in [7, 11) is 0. The smallest absolute Gasteiger partial charge is 0.240 e. The quantitative estimate of drug-likeness (QED) is 0.860. The topological polar surface area (TPSA) is 32.3 Å². The summed E-state index contributed by atoms with van der Waals surface area (Å²) in [5.74, 6) is -0.165. The second kappa shape index (κ2) is 5.27. The number of rotatable bonds is 4. The van der Waals surface area contributed by atoms with Gasteiger partial charge in [-0.3, -0.25) is 4.79 Å². The molecule has 0 radical (unpaired) electrons. The van der Waals surface area contributed by atoms with E-state index < -0.39 is 0 Å². The highest BCUT2D eigenvalue weighted by atomic mass is 19.1. The molecule has 0 aromatic heterocycles. The van der Waals surface area contributed by atoms with Crippen LogP contribution >= 0.6 is 0 Å². The average Bonchev–Trinajstić information content (AvgIpc) is 2.65. The largest absolute Gasteiger partial charge is 0.337 e. The highest BCUT2D eigenvalue weighted by Gasteiger charge is 2.30. The predicted octanol–water partition coefficient (Wildman–Crippen LogP) is 1.54. The van der Waals surface area contributed by atoms with Crippen LogP contribution in [0.3, 0.4) is 0 Å². The van der Waals surface area contributed by atoms with Crippen molar-refractivity contribution in [2.75, 3.05) is 13.1 Å². The molecule has 2 rings (SSSR count). The van der Waals surface area contributed by atoms with Crippen molar-refractivity contribution in [1.82, 2.24) is 10.2 Å². The number of benzene rings is 1. The summed E-state index contributed by atoms with van der Waals surface area (Å²) >= 11 is 0. The van der Waals surface area contributed by atoms with Crippen molar-refractivity contribution in [3.63, 3.8) is 0 Å². The van der Waals surface area contributed by atoms with Crippen molar-refractivity contribution in [1.29, 1.82) is 0 Å². The molecule has 1 N–H and O–H groups in total. The molecule has 4 heteroatoms. The second-order valence-electron chi connectivity index (χ2n) is 4.25. The van der Waals surface area contributed by atoms with Crippen LogP contribution < -0.4 is 5.32 Å². The summed E-state index contributed by atoms with van der Waals surface area (Å²) < 4.78 is 13.5. The zero-order valence-corrected chi connectivity index (χ0v) is 9.95. The molecule has 1 unspecified atom stereocenters. The molecule has 1 aromatic rings. The molecule has 1 heterocycles. The van der Waals surface area contributed by atoms with Gasteiger partial charge in [0.2, 0.25) is 5.91 Å². The molecule has 1 aliphatic rings. The Morgan fingerprint density at radius 2 is 2.24 bits per heavy atom. The fourth-order valence-electron chi connectivity index (χ4n) is 2.16. The Labute approximate surface area is 101 Å². The minimum atomic E-state index is -0.243. The molecule has 17 heavy (non-hydrogen) atoms. The summed E-state index contributed by atoms with van der Waals surface area (Å²) in [5.41, 5.74) is 0.581. The number of likely N-dealkylation sites (N-methyl/N-ethyl adjacent to an activating group) is 1. The van der Waals surface area contributed by atoms with Gasteiger partial charge < -0.3 is 10.2 Å². The van der Waals surface area contributed by atoms with Gasteiger partial charge in [0.25, 0.3) is 0 Å². The van der Waals surface area contributed by atoms with Crippen LogP contribution in [0.5, 0.6) is 0 Å². The predicted molar refractivity (Wildman–Crippen MR) is 63.9 cm³/mol. The first-order chi connectivity index (χ1) is 8.22. The van der Waals surface area contributed by atoms with Crippen LogP contribution in [0.2, 0.25) is 0 Å². The molecule has 0 bridgehead atoms. The number of nitrogens with zero attached hydrogens (tertiary/aromatic N) is 1. The molecule has 3 nitrogen and oxygen atoms in total. The van der Waals surface area contributed by atoms with Crippen LogP contribution in [0, 0.1) is 5.82 Å². The van der Waals surface area contributed by atoms with Crippen molar-refractivity contribution in [2.45, 2.75) is 25.9 Å². The summed E-state index contributed by atoms with van der Waals surface area (Å²) in [5, 5.41) is 3.14.